The smallest absolute Gasteiger partial charge is 0.125 e. The lowest BCUT2D eigenvalue weighted by Crippen LogP contribution is -2.00. The maximum Gasteiger partial charge on any atom is 0.125 e. The summed E-state index contributed by atoms with van der Waals surface area (Å²) in [5.74, 6) is 1.43. The Morgan fingerprint density at radius 1 is 1.05 bits per heavy atom. The molecule has 0 aromatic heterocycles. The van der Waals surface area contributed by atoms with E-state index in [9.17, 15) is 0 Å². The lowest BCUT2D eigenvalue weighted by Gasteiger charge is -2.14. The Hall–Kier alpha value is -1.18. The van der Waals surface area contributed by atoms with Gasteiger partial charge in [-0.15, -0.1) is 11.6 Å². The van der Waals surface area contributed by atoms with Crippen molar-refractivity contribution >= 4 is 23.2 Å². The molecule has 0 atom stereocenters. The SMILES string of the molecule is Cc1cc(CCl)cc(C)c1OCc1ccccc1Cl. The number of ether oxygens (including phenoxy) is 1. The van der Waals surface area contributed by atoms with Crippen molar-refractivity contribution in [3.05, 3.63) is 63.7 Å². The quantitative estimate of drug-likeness (QED) is 0.698. The molecule has 3 heteroatoms. The average molecular weight is 295 g/mol. The Balaban J connectivity index is 2.18. The summed E-state index contributed by atoms with van der Waals surface area (Å²) in [6, 6.07) is 11.8. The van der Waals surface area contributed by atoms with Crippen molar-refractivity contribution in [2.45, 2.75) is 26.3 Å². The van der Waals surface area contributed by atoms with E-state index in [1.54, 1.807) is 0 Å². The largest absolute Gasteiger partial charge is 0.488 e. The zero-order chi connectivity index (χ0) is 13.8. The van der Waals surface area contributed by atoms with Crippen LogP contribution in [-0.4, -0.2) is 0 Å². The highest BCUT2D eigenvalue weighted by atomic mass is 35.5. The molecule has 2 aromatic carbocycles. The molecular weight excluding hydrogens is 279 g/mol. The molecule has 0 aliphatic carbocycles. The molecule has 0 amide bonds. The van der Waals surface area contributed by atoms with Gasteiger partial charge in [0.2, 0.25) is 0 Å². The van der Waals surface area contributed by atoms with Gasteiger partial charge in [0.1, 0.15) is 12.4 Å². The number of alkyl halides is 1. The molecule has 0 saturated carbocycles. The monoisotopic (exact) mass is 294 g/mol. The molecule has 0 heterocycles. The number of hydrogen-bond acceptors (Lipinski definition) is 1. The van der Waals surface area contributed by atoms with Crippen LogP contribution in [0.5, 0.6) is 5.75 Å². The van der Waals surface area contributed by atoms with Gasteiger partial charge in [-0.05, 0) is 36.6 Å². The van der Waals surface area contributed by atoms with E-state index in [4.69, 9.17) is 27.9 Å². The molecule has 0 N–H and O–H groups in total. The van der Waals surface area contributed by atoms with Gasteiger partial charge in [0.05, 0.1) is 0 Å². The topological polar surface area (TPSA) is 9.23 Å². The Kier molecular flexibility index (Phi) is 4.73. The van der Waals surface area contributed by atoms with E-state index in [0.29, 0.717) is 12.5 Å². The predicted molar refractivity (Wildman–Crippen MR) is 81.3 cm³/mol. The second kappa shape index (κ2) is 6.31. The zero-order valence-electron chi connectivity index (χ0n) is 11.0. The van der Waals surface area contributed by atoms with E-state index in [2.05, 4.69) is 12.1 Å². The van der Waals surface area contributed by atoms with Crippen LogP contribution >= 0.6 is 23.2 Å². The van der Waals surface area contributed by atoms with Gasteiger partial charge in [-0.3, -0.25) is 0 Å². The van der Waals surface area contributed by atoms with Crippen molar-refractivity contribution in [2.75, 3.05) is 0 Å². The first kappa shape index (κ1) is 14.2. The van der Waals surface area contributed by atoms with Gasteiger partial charge in [-0.2, -0.15) is 0 Å². The molecule has 2 rings (SSSR count). The van der Waals surface area contributed by atoms with E-state index in [1.165, 1.54) is 0 Å². The first-order valence-electron chi connectivity index (χ1n) is 6.14. The van der Waals surface area contributed by atoms with Crippen LogP contribution in [0, 0.1) is 13.8 Å². The second-order valence-electron chi connectivity index (χ2n) is 4.57. The minimum Gasteiger partial charge on any atom is -0.488 e. The summed E-state index contributed by atoms with van der Waals surface area (Å²) in [7, 11) is 0. The Morgan fingerprint density at radius 3 is 2.26 bits per heavy atom. The molecule has 19 heavy (non-hydrogen) atoms. The second-order valence-corrected chi connectivity index (χ2v) is 5.25. The summed E-state index contributed by atoms with van der Waals surface area (Å²) in [4.78, 5) is 0. The first-order valence-corrected chi connectivity index (χ1v) is 7.05. The van der Waals surface area contributed by atoms with Crippen LogP contribution in [0.2, 0.25) is 5.02 Å². The maximum absolute atomic E-state index is 6.12. The molecule has 0 fully saturated rings. The Bertz CT molecular complexity index is 556. The fourth-order valence-electron chi connectivity index (χ4n) is 2.11. The maximum atomic E-state index is 6.12. The number of rotatable bonds is 4. The average Bonchev–Trinajstić information content (AvgIpc) is 2.39. The molecule has 100 valence electrons. The van der Waals surface area contributed by atoms with Gasteiger partial charge in [0.15, 0.2) is 0 Å². The van der Waals surface area contributed by atoms with E-state index in [-0.39, 0.29) is 0 Å². The van der Waals surface area contributed by atoms with Crippen molar-refractivity contribution in [1.82, 2.24) is 0 Å². The van der Waals surface area contributed by atoms with Crippen LogP contribution in [0.1, 0.15) is 22.3 Å². The van der Waals surface area contributed by atoms with Crippen molar-refractivity contribution in [3.8, 4) is 5.75 Å². The molecule has 0 unspecified atom stereocenters. The summed E-state index contributed by atoms with van der Waals surface area (Å²) >= 11 is 12.0. The van der Waals surface area contributed by atoms with Gasteiger partial charge >= 0.3 is 0 Å². The Morgan fingerprint density at radius 2 is 1.68 bits per heavy atom. The predicted octanol–water partition coefficient (Wildman–Crippen LogP) is 5.27. The first-order chi connectivity index (χ1) is 9.11. The van der Waals surface area contributed by atoms with Crippen LogP contribution in [0.4, 0.5) is 0 Å². The highest BCUT2D eigenvalue weighted by Crippen LogP contribution is 2.27. The summed E-state index contributed by atoms with van der Waals surface area (Å²) in [6.45, 7) is 4.54. The van der Waals surface area contributed by atoms with Gasteiger partial charge in [0, 0.05) is 16.5 Å². The minimum absolute atomic E-state index is 0.474. The number of aryl methyl sites for hydroxylation is 2. The molecule has 0 aliphatic heterocycles. The Labute approximate surface area is 124 Å². The van der Waals surface area contributed by atoms with E-state index < -0.39 is 0 Å². The normalized spacial score (nSPS) is 10.5. The zero-order valence-corrected chi connectivity index (χ0v) is 12.6. The lowest BCUT2D eigenvalue weighted by molar-refractivity contribution is 0.302. The van der Waals surface area contributed by atoms with E-state index >= 15 is 0 Å². The van der Waals surface area contributed by atoms with Crippen molar-refractivity contribution in [1.29, 1.82) is 0 Å². The molecule has 0 spiro atoms. The van der Waals surface area contributed by atoms with Gasteiger partial charge < -0.3 is 4.74 Å². The third-order valence-electron chi connectivity index (χ3n) is 3.00. The van der Waals surface area contributed by atoms with Gasteiger partial charge in [0.25, 0.3) is 0 Å². The number of benzene rings is 2. The van der Waals surface area contributed by atoms with Crippen LogP contribution in [0.15, 0.2) is 36.4 Å². The molecule has 0 saturated heterocycles. The molecular formula is C16H16Cl2O. The van der Waals surface area contributed by atoms with Crippen molar-refractivity contribution in [2.24, 2.45) is 0 Å². The number of halogens is 2. The highest BCUT2D eigenvalue weighted by molar-refractivity contribution is 6.31. The van der Waals surface area contributed by atoms with Crippen molar-refractivity contribution < 1.29 is 4.74 Å². The molecule has 0 bridgehead atoms. The fourth-order valence-corrected chi connectivity index (χ4v) is 2.45. The fraction of sp³-hybridized carbons (Fsp3) is 0.250. The number of hydrogen-bond donors (Lipinski definition) is 0. The van der Waals surface area contributed by atoms with Crippen LogP contribution in [0.25, 0.3) is 0 Å². The van der Waals surface area contributed by atoms with E-state index in [1.807, 2.05) is 38.1 Å². The molecule has 1 nitrogen and oxygen atoms in total. The van der Waals surface area contributed by atoms with Crippen LogP contribution in [0.3, 0.4) is 0 Å². The summed E-state index contributed by atoms with van der Waals surface area (Å²) in [5.41, 5.74) is 4.30. The van der Waals surface area contributed by atoms with Crippen molar-refractivity contribution in [3.63, 3.8) is 0 Å². The van der Waals surface area contributed by atoms with E-state index in [0.717, 1.165) is 33.0 Å². The molecule has 0 radical (unpaired) electrons. The summed E-state index contributed by atoms with van der Waals surface area (Å²) < 4.78 is 5.91. The minimum atomic E-state index is 0.474. The lowest BCUT2D eigenvalue weighted by atomic mass is 10.1. The summed E-state index contributed by atoms with van der Waals surface area (Å²) in [6.07, 6.45) is 0. The van der Waals surface area contributed by atoms with Crippen LogP contribution in [-0.2, 0) is 12.5 Å². The third kappa shape index (κ3) is 3.43. The van der Waals surface area contributed by atoms with Gasteiger partial charge in [-0.1, -0.05) is 41.9 Å². The highest BCUT2D eigenvalue weighted by Gasteiger charge is 2.07. The molecule has 0 aliphatic rings. The standard InChI is InChI=1S/C16H16Cl2O/c1-11-7-13(9-17)8-12(2)16(11)19-10-14-5-3-4-6-15(14)18/h3-8H,9-10H2,1-2H3. The summed E-state index contributed by atoms with van der Waals surface area (Å²) in [5, 5.41) is 0.732. The van der Waals surface area contributed by atoms with Crippen LogP contribution < -0.4 is 4.74 Å². The molecule has 2 aromatic rings. The third-order valence-corrected chi connectivity index (χ3v) is 3.68. The van der Waals surface area contributed by atoms with Gasteiger partial charge in [-0.25, -0.2) is 0 Å².